The summed E-state index contributed by atoms with van der Waals surface area (Å²) < 4.78 is 5.24. The van der Waals surface area contributed by atoms with Gasteiger partial charge in [0.25, 0.3) is 5.91 Å². The highest BCUT2D eigenvalue weighted by molar-refractivity contribution is 7.14. The van der Waals surface area contributed by atoms with Gasteiger partial charge in [0, 0.05) is 24.0 Å². The first-order valence-corrected chi connectivity index (χ1v) is 10.6. The Balaban J connectivity index is 1.50. The van der Waals surface area contributed by atoms with Crippen molar-refractivity contribution in [1.82, 2.24) is 4.98 Å². The van der Waals surface area contributed by atoms with Crippen LogP contribution in [0.15, 0.2) is 29.6 Å². The Bertz CT molecular complexity index is 892. The van der Waals surface area contributed by atoms with Crippen molar-refractivity contribution < 1.29 is 19.1 Å². The van der Waals surface area contributed by atoms with E-state index in [0.717, 1.165) is 6.42 Å². The quantitative estimate of drug-likeness (QED) is 0.699. The monoisotopic (exact) mass is 415 g/mol. The number of rotatable bonds is 7. The van der Waals surface area contributed by atoms with Gasteiger partial charge in [-0.25, -0.2) is 4.98 Å². The minimum Gasteiger partial charge on any atom is -0.452 e. The van der Waals surface area contributed by atoms with Crippen molar-refractivity contribution >= 4 is 39.9 Å². The maximum atomic E-state index is 12.3. The number of carbonyl (C=O) groups is 3. The third-order valence-electron chi connectivity index (χ3n) is 4.69. The number of ether oxygens (including phenoxy) is 1. The number of benzene rings is 1. The van der Waals surface area contributed by atoms with Crippen LogP contribution in [-0.4, -0.2) is 35.4 Å². The van der Waals surface area contributed by atoms with Crippen LogP contribution in [0.2, 0.25) is 0 Å². The fourth-order valence-corrected chi connectivity index (χ4v) is 3.86. The summed E-state index contributed by atoms with van der Waals surface area (Å²) in [5.74, 6) is -0.459. The number of hydrogen-bond donors (Lipinski definition) is 1. The van der Waals surface area contributed by atoms with Crippen molar-refractivity contribution in [2.75, 3.05) is 16.8 Å². The number of nitrogens with zero attached hydrogens (tertiary/aromatic N) is 2. The minimum absolute atomic E-state index is 0.0424. The molecule has 1 saturated heterocycles. The Morgan fingerprint density at radius 1 is 1.24 bits per heavy atom. The number of anilines is 2. The summed E-state index contributed by atoms with van der Waals surface area (Å²) in [4.78, 5) is 42.2. The van der Waals surface area contributed by atoms with Crippen LogP contribution >= 0.6 is 11.3 Å². The maximum absolute atomic E-state index is 12.3. The summed E-state index contributed by atoms with van der Waals surface area (Å²) in [5, 5.41) is 5.09. The number of carbonyl (C=O) groups excluding carboxylic acids is 3. The molecule has 3 rings (SSSR count). The van der Waals surface area contributed by atoms with Gasteiger partial charge in [0.1, 0.15) is 0 Å². The van der Waals surface area contributed by atoms with Gasteiger partial charge in [-0.3, -0.25) is 19.3 Å². The number of esters is 1. The maximum Gasteiger partial charge on any atom is 0.312 e. The van der Waals surface area contributed by atoms with E-state index in [9.17, 15) is 14.4 Å². The van der Waals surface area contributed by atoms with E-state index in [-0.39, 0.29) is 12.3 Å². The standard InChI is InChI=1S/C21H25N3O4S/c1-13(2)15-6-8-16(9-7-15)22-20(27)14(3)28-19(26)11-17-12-29-21(23-17)24-10-4-5-18(24)25/h6-9,12-14H,4-5,10-11H2,1-3H3,(H,22,27)/t14-/m0/s1. The zero-order chi connectivity index (χ0) is 21.0. The predicted molar refractivity (Wildman–Crippen MR) is 112 cm³/mol. The van der Waals surface area contributed by atoms with E-state index in [4.69, 9.17) is 4.74 Å². The number of nitrogens with one attached hydrogen (secondary N) is 1. The second kappa shape index (κ2) is 9.17. The second-order valence-electron chi connectivity index (χ2n) is 7.35. The fourth-order valence-electron chi connectivity index (χ4n) is 2.99. The minimum atomic E-state index is -0.925. The van der Waals surface area contributed by atoms with Gasteiger partial charge in [-0.05, 0) is 37.0 Å². The zero-order valence-corrected chi connectivity index (χ0v) is 17.6. The fraction of sp³-hybridized carbons (Fsp3) is 0.429. The molecule has 1 fully saturated rings. The highest BCUT2D eigenvalue weighted by atomic mass is 32.1. The van der Waals surface area contributed by atoms with Crippen LogP contribution in [0.4, 0.5) is 10.8 Å². The van der Waals surface area contributed by atoms with E-state index in [2.05, 4.69) is 24.1 Å². The molecule has 1 aromatic carbocycles. The van der Waals surface area contributed by atoms with Crippen molar-refractivity contribution in [3.05, 3.63) is 40.9 Å². The average Bonchev–Trinajstić information content (AvgIpc) is 3.30. The van der Waals surface area contributed by atoms with Gasteiger partial charge in [-0.2, -0.15) is 0 Å². The molecule has 1 aliphatic heterocycles. The van der Waals surface area contributed by atoms with Crippen molar-refractivity contribution in [2.24, 2.45) is 0 Å². The molecule has 1 atom stereocenters. The average molecular weight is 416 g/mol. The smallest absolute Gasteiger partial charge is 0.312 e. The molecule has 2 amide bonds. The van der Waals surface area contributed by atoms with Crippen LogP contribution < -0.4 is 10.2 Å². The molecule has 0 aliphatic carbocycles. The van der Waals surface area contributed by atoms with E-state index < -0.39 is 18.0 Å². The molecule has 2 aromatic rings. The Labute approximate surface area is 174 Å². The summed E-state index contributed by atoms with van der Waals surface area (Å²) in [7, 11) is 0. The lowest BCUT2D eigenvalue weighted by atomic mass is 10.0. The van der Waals surface area contributed by atoms with Gasteiger partial charge in [0.05, 0.1) is 12.1 Å². The van der Waals surface area contributed by atoms with Crippen LogP contribution in [0.25, 0.3) is 0 Å². The summed E-state index contributed by atoms with van der Waals surface area (Å²) in [5.41, 5.74) is 2.37. The molecule has 29 heavy (non-hydrogen) atoms. The van der Waals surface area contributed by atoms with E-state index in [1.54, 1.807) is 10.3 Å². The van der Waals surface area contributed by atoms with Gasteiger partial charge in [0.2, 0.25) is 5.91 Å². The molecule has 0 bridgehead atoms. The number of amides is 2. The molecule has 1 N–H and O–H groups in total. The summed E-state index contributed by atoms with van der Waals surface area (Å²) >= 11 is 1.33. The highest BCUT2D eigenvalue weighted by Crippen LogP contribution is 2.25. The lowest BCUT2D eigenvalue weighted by Crippen LogP contribution is -2.30. The molecule has 0 radical (unpaired) electrons. The van der Waals surface area contributed by atoms with Gasteiger partial charge >= 0.3 is 5.97 Å². The van der Waals surface area contributed by atoms with Gasteiger partial charge in [-0.1, -0.05) is 26.0 Å². The molecule has 0 spiro atoms. The topological polar surface area (TPSA) is 88.6 Å². The first-order chi connectivity index (χ1) is 13.8. The van der Waals surface area contributed by atoms with Crippen molar-refractivity contribution in [3.63, 3.8) is 0 Å². The van der Waals surface area contributed by atoms with E-state index in [0.29, 0.717) is 35.4 Å². The molecule has 0 saturated carbocycles. The largest absolute Gasteiger partial charge is 0.452 e. The first-order valence-electron chi connectivity index (χ1n) is 9.68. The molecular formula is C21H25N3O4S. The van der Waals surface area contributed by atoms with Crippen molar-refractivity contribution in [2.45, 2.75) is 52.1 Å². The van der Waals surface area contributed by atoms with Gasteiger partial charge in [-0.15, -0.1) is 11.3 Å². The summed E-state index contributed by atoms with van der Waals surface area (Å²) in [6, 6.07) is 7.58. The highest BCUT2D eigenvalue weighted by Gasteiger charge is 2.25. The molecule has 0 unspecified atom stereocenters. The van der Waals surface area contributed by atoms with E-state index in [1.165, 1.54) is 23.8 Å². The van der Waals surface area contributed by atoms with Gasteiger partial charge in [0.15, 0.2) is 11.2 Å². The van der Waals surface area contributed by atoms with Crippen LogP contribution in [-0.2, 0) is 25.5 Å². The molecule has 8 heteroatoms. The number of thiazole rings is 1. The lowest BCUT2D eigenvalue weighted by Gasteiger charge is -2.14. The summed E-state index contributed by atoms with van der Waals surface area (Å²) in [6.45, 7) is 6.39. The second-order valence-corrected chi connectivity index (χ2v) is 8.18. The van der Waals surface area contributed by atoms with Crippen molar-refractivity contribution in [3.8, 4) is 0 Å². The number of aromatic nitrogens is 1. The SMILES string of the molecule is CC(C)c1ccc(NC(=O)[C@H](C)OC(=O)Cc2csc(N3CCCC3=O)n2)cc1. The molecule has 1 aromatic heterocycles. The van der Waals surface area contributed by atoms with Crippen LogP contribution in [0, 0.1) is 0 Å². The molecule has 154 valence electrons. The van der Waals surface area contributed by atoms with Gasteiger partial charge < -0.3 is 10.1 Å². The Kier molecular flexibility index (Phi) is 6.64. The zero-order valence-electron chi connectivity index (χ0n) is 16.8. The Hall–Kier alpha value is -2.74. The number of hydrogen-bond acceptors (Lipinski definition) is 6. The Morgan fingerprint density at radius 2 is 1.97 bits per heavy atom. The predicted octanol–water partition coefficient (Wildman–Crippen LogP) is 3.51. The van der Waals surface area contributed by atoms with E-state index in [1.807, 2.05) is 24.3 Å². The molecule has 2 heterocycles. The lowest BCUT2D eigenvalue weighted by molar-refractivity contribution is -0.152. The normalized spacial score (nSPS) is 14.9. The third-order valence-corrected chi connectivity index (χ3v) is 5.60. The van der Waals surface area contributed by atoms with Crippen LogP contribution in [0.3, 0.4) is 0 Å². The first kappa shape index (κ1) is 21.0. The van der Waals surface area contributed by atoms with Crippen LogP contribution in [0.5, 0.6) is 0 Å². The van der Waals surface area contributed by atoms with E-state index >= 15 is 0 Å². The molecular weight excluding hydrogens is 390 g/mol. The summed E-state index contributed by atoms with van der Waals surface area (Å²) in [6.07, 6.45) is 0.386. The molecule has 7 nitrogen and oxygen atoms in total. The van der Waals surface area contributed by atoms with Crippen molar-refractivity contribution in [1.29, 1.82) is 0 Å². The third kappa shape index (κ3) is 5.41. The Morgan fingerprint density at radius 3 is 2.59 bits per heavy atom. The van der Waals surface area contributed by atoms with Crippen LogP contribution in [0.1, 0.15) is 50.8 Å². The molecule has 1 aliphatic rings.